The maximum atomic E-state index is 13.4. The molecule has 2 atom stereocenters. The zero-order chi connectivity index (χ0) is 20.8. The van der Waals surface area contributed by atoms with Gasteiger partial charge in [-0.1, -0.05) is 35.9 Å². The Bertz CT molecular complexity index is 1020. The molecule has 7 heteroatoms. The first-order valence-corrected chi connectivity index (χ1v) is 9.74. The van der Waals surface area contributed by atoms with Gasteiger partial charge < -0.3 is 14.4 Å². The minimum Gasteiger partial charge on any atom is -0.468 e. The standard InChI is InChI=1S/C22H20ClNO5/c1-3-29-21(27)22-11-13-10-14(23)8-9-15(13)19(22)24(12-18(25)28-2)20(26)16-6-4-5-7-17(16)22/h4-10,19H,3,11-12H2,1-2H3/t19-,22+/m1/s1. The van der Waals surface area contributed by atoms with Crippen molar-refractivity contribution in [1.82, 2.24) is 4.90 Å². The number of carbonyl (C=O) groups is 3. The van der Waals surface area contributed by atoms with Crippen LogP contribution < -0.4 is 0 Å². The molecule has 0 bridgehead atoms. The molecule has 1 heterocycles. The lowest BCUT2D eigenvalue weighted by Crippen LogP contribution is -2.55. The molecule has 0 N–H and O–H groups in total. The molecule has 0 saturated carbocycles. The first kappa shape index (κ1) is 19.5. The fourth-order valence-corrected chi connectivity index (χ4v) is 4.78. The third-order valence-electron chi connectivity index (χ3n) is 5.71. The molecule has 0 radical (unpaired) electrons. The summed E-state index contributed by atoms with van der Waals surface area (Å²) in [5.74, 6) is -1.30. The Kier molecular flexibility index (Phi) is 4.82. The SMILES string of the molecule is CCOC(=O)[C@]12Cc3cc(Cl)ccc3[C@H]1N(CC(=O)OC)C(=O)c1ccccc12. The van der Waals surface area contributed by atoms with E-state index in [0.717, 1.165) is 11.1 Å². The summed E-state index contributed by atoms with van der Waals surface area (Å²) in [7, 11) is 1.27. The van der Waals surface area contributed by atoms with Gasteiger partial charge in [-0.15, -0.1) is 0 Å². The van der Waals surface area contributed by atoms with Crippen LogP contribution in [0.1, 0.15) is 40.0 Å². The second-order valence-corrected chi connectivity index (χ2v) is 7.61. The number of benzene rings is 2. The molecule has 0 aromatic heterocycles. The Labute approximate surface area is 173 Å². The third kappa shape index (κ3) is 2.82. The van der Waals surface area contributed by atoms with Crippen LogP contribution in [-0.4, -0.2) is 43.0 Å². The second kappa shape index (κ2) is 7.19. The van der Waals surface area contributed by atoms with Crippen LogP contribution >= 0.6 is 11.6 Å². The number of ether oxygens (including phenoxy) is 2. The molecule has 150 valence electrons. The van der Waals surface area contributed by atoms with E-state index in [9.17, 15) is 14.4 Å². The molecule has 4 rings (SSSR count). The maximum absolute atomic E-state index is 13.4. The number of methoxy groups -OCH3 is 1. The summed E-state index contributed by atoms with van der Waals surface area (Å²) in [5.41, 5.74) is 1.49. The van der Waals surface area contributed by atoms with E-state index in [1.165, 1.54) is 12.0 Å². The van der Waals surface area contributed by atoms with Crippen LogP contribution in [0.5, 0.6) is 0 Å². The van der Waals surface area contributed by atoms with E-state index in [2.05, 4.69) is 0 Å². The molecular weight excluding hydrogens is 394 g/mol. The lowest BCUT2D eigenvalue weighted by molar-refractivity contribution is -0.154. The van der Waals surface area contributed by atoms with Gasteiger partial charge in [-0.3, -0.25) is 14.4 Å². The highest BCUT2D eigenvalue weighted by Crippen LogP contribution is 2.55. The number of rotatable bonds is 4. The van der Waals surface area contributed by atoms with Gasteiger partial charge in [-0.25, -0.2) is 0 Å². The first-order chi connectivity index (χ1) is 13.9. The summed E-state index contributed by atoms with van der Waals surface area (Å²) < 4.78 is 10.3. The van der Waals surface area contributed by atoms with Gasteiger partial charge in [0.1, 0.15) is 12.0 Å². The third-order valence-corrected chi connectivity index (χ3v) is 5.95. The van der Waals surface area contributed by atoms with E-state index < -0.39 is 23.4 Å². The molecule has 0 saturated heterocycles. The first-order valence-electron chi connectivity index (χ1n) is 9.37. The zero-order valence-corrected chi connectivity index (χ0v) is 16.9. The van der Waals surface area contributed by atoms with E-state index in [0.29, 0.717) is 22.6 Å². The van der Waals surface area contributed by atoms with Crippen LogP contribution in [0.2, 0.25) is 5.02 Å². The normalized spacial score (nSPS) is 21.8. The van der Waals surface area contributed by atoms with Crippen molar-refractivity contribution in [3.63, 3.8) is 0 Å². The molecule has 1 aliphatic heterocycles. The highest BCUT2D eigenvalue weighted by atomic mass is 35.5. The largest absolute Gasteiger partial charge is 0.468 e. The number of hydrogen-bond acceptors (Lipinski definition) is 5. The molecule has 2 aromatic rings. The molecule has 2 aromatic carbocycles. The van der Waals surface area contributed by atoms with Crippen molar-refractivity contribution in [3.8, 4) is 0 Å². The summed E-state index contributed by atoms with van der Waals surface area (Å²) in [6.45, 7) is 1.68. The molecular formula is C22H20ClNO5. The van der Waals surface area contributed by atoms with E-state index in [-0.39, 0.29) is 19.1 Å². The quantitative estimate of drug-likeness (QED) is 0.720. The number of amides is 1. The van der Waals surface area contributed by atoms with Crippen molar-refractivity contribution in [3.05, 3.63) is 69.7 Å². The van der Waals surface area contributed by atoms with E-state index in [1.54, 1.807) is 43.3 Å². The van der Waals surface area contributed by atoms with Crippen molar-refractivity contribution >= 4 is 29.4 Å². The lowest BCUT2D eigenvalue weighted by atomic mass is 9.69. The van der Waals surface area contributed by atoms with Gasteiger partial charge in [0, 0.05) is 10.6 Å². The highest BCUT2D eigenvalue weighted by Gasteiger charge is 2.61. The van der Waals surface area contributed by atoms with Crippen molar-refractivity contribution < 1.29 is 23.9 Å². The Morgan fingerprint density at radius 3 is 2.72 bits per heavy atom. The fourth-order valence-electron chi connectivity index (χ4n) is 4.58. The molecule has 0 fully saturated rings. The molecule has 0 spiro atoms. The number of halogens is 1. The van der Waals surface area contributed by atoms with Gasteiger partial charge in [-0.2, -0.15) is 0 Å². The molecule has 1 amide bonds. The van der Waals surface area contributed by atoms with Gasteiger partial charge in [0.15, 0.2) is 0 Å². The molecule has 2 aliphatic rings. The van der Waals surface area contributed by atoms with E-state index in [4.69, 9.17) is 21.1 Å². The van der Waals surface area contributed by atoms with Crippen LogP contribution in [0.25, 0.3) is 0 Å². The molecule has 29 heavy (non-hydrogen) atoms. The summed E-state index contributed by atoms with van der Waals surface area (Å²) in [6, 6.07) is 11.7. The smallest absolute Gasteiger partial charge is 0.325 e. The summed E-state index contributed by atoms with van der Waals surface area (Å²) in [6.07, 6.45) is 0.328. The highest BCUT2D eigenvalue weighted by molar-refractivity contribution is 6.30. The van der Waals surface area contributed by atoms with Gasteiger partial charge in [-0.05, 0) is 48.2 Å². The van der Waals surface area contributed by atoms with Crippen molar-refractivity contribution in [2.45, 2.75) is 24.8 Å². The maximum Gasteiger partial charge on any atom is 0.325 e. The summed E-state index contributed by atoms with van der Waals surface area (Å²) >= 11 is 6.21. The Balaban J connectivity index is 2.00. The van der Waals surface area contributed by atoms with E-state index >= 15 is 0 Å². The van der Waals surface area contributed by atoms with Crippen LogP contribution in [0.4, 0.5) is 0 Å². The van der Waals surface area contributed by atoms with Gasteiger partial charge in [0.2, 0.25) is 0 Å². The lowest BCUT2D eigenvalue weighted by Gasteiger charge is -2.45. The van der Waals surface area contributed by atoms with Crippen LogP contribution in [0.15, 0.2) is 42.5 Å². The molecule has 1 aliphatic carbocycles. The Hall–Kier alpha value is -2.86. The molecule has 6 nitrogen and oxygen atoms in total. The second-order valence-electron chi connectivity index (χ2n) is 7.17. The number of carbonyl (C=O) groups excluding carboxylic acids is 3. The van der Waals surface area contributed by atoms with E-state index in [1.807, 2.05) is 6.07 Å². The van der Waals surface area contributed by atoms with Gasteiger partial charge >= 0.3 is 11.9 Å². The Morgan fingerprint density at radius 1 is 1.24 bits per heavy atom. The average molecular weight is 414 g/mol. The average Bonchev–Trinajstić information content (AvgIpc) is 3.06. The van der Waals surface area contributed by atoms with Crippen LogP contribution in [-0.2, 0) is 30.9 Å². The summed E-state index contributed by atoms with van der Waals surface area (Å²) in [4.78, 5) is 40.3. The predicted octanol–water partition coefficient (Wildman–Crippen LogP) is 3.07. The minimum atomic E-state index is -1.15. The zero-order valence-electron chi connectivity index (χ0n) is 16.1. The topological polar surface area (TPSA) is 72.9 Å². The Morgan fingerprint density at radius 2 is 2.00 bits per heavy atom. The monoisotopic (exact) mass is 413 g/mol. The fraction of sp³-hybridized carbons (Fsp3) is 0.318. The van der Waals surface area contributed by atoms with Gasteiger partial charge in [0.05, 0.1) is 19.8 Å². The van der Waals surface area contributed by atoms with Crippen molar-refractivity contribution in [2.75, 3.05) is 20.3 Å². The van der Waals surface area contributed by atoms with Crippen molar-refractivity contribution in [1.29, 1.82) is 0 Å². The predicted molar refractivity (Wildman–Crippen MR) is 106 cm³/mol. The number of hydrogen-bond donors (Lipinski definition) is 0. The van der Waals surface area contributed by atoms with Crippen LogP contribution in [0, 0.1) is 0 Å². The minimum absolute atomic E-state index is 0.206. The number of nitrogens with zero attached hydrogens (tertiary/aromatic N) is 1. The van der Waals surface area contributed by atoms with Gasteiger partial charge in [0.25, 0.3) is 5.91 Å². The number of fused-ring (bicyclic) bond motifs is 5. The summed E-state index contributed by atoms with van der Waals surface area (Å²) in [5, 5.41) is 0.542. The van der Waals surface area contributed by atoms with Crippen molar-refractivity contribution in [2.24, 2.45) is 0 Å². The molecule has 0 unspecified atom stereocenters. The number of esters is 2. The van der Waals surface area contributed by atoms with Crippen LogP contribution in [0.3, 0.4) is 0 Å².